The zero-order valence-corrected chi connectivity index (χ0v) is 18.2. The van der Waals surface area contributed by atoms with Crippen LogP contribution in [0, 0.1) is 6.92 Å². The van der Waals surface area contributed by atoms with Crippen LogP contribution in [0.4, 0.5) is 0 Å². The molecule has 166 valence electrons. The fraction of sp³-hybridized carbons (Fsp3) is 0.269. The van der Waals surface area contributed by atoms with Gasteiger partial charge < -0.3 is 18.7 Å². The highest BCUT2D eigenvalue weighted by atomic mass is 16.5. The number of hydrogen-bond donors (Lipinski definition) is 0. The maximum atomic E-state index is 13.0. The number of aryl methyl sites for hydroxylation is 1. The Morgan fingerprint density at radius 3 is 2.58 bits per heavy atom. The Bertz CT molecular complexity index is 1410. The second kappa shape index (κ2) is 7.62. The number of benzene rings is 2. The van der Waals surface area contributed by atoms with Gasteiger partial charge in [-0.15, -0.1) is 0 Å². The van der Waals surface area contributed by atoms with E-state index in [4.69, 9.17) is 9.26 Å². The number of pyridine rings is 1. The molecule has 0 spiro atoms. The quantitative estimate of drug-likeness (QED) is 0.464. The van der Waals surface area contributed by atoms with E-state index in [1.807, 2.05) is 60.0 Å². The van der Waals surface area contributed by atoms with E-state index in [1.165, 1.54) is 0 Å². The van der Waals surface area contributed by atoms with Crippen molar-refractivity contribution in [3.63, 3.8) is 0 Å². The lowest BCUT2D eigenvalue weighted by molar-refractivity contribution is 0.0176. The summed E-state index contributed by atoms with van der Waals surface area (Å²) >= 11 is 0. The molecule has 4 aromatic rings. The van der Waals surface area contributed by atoms with E-state index in [2.05, 4.69) is 5.16 Å². The van der Waals surface area contributed by atoms with Crippen LogP contribution in [-0.2, 0) is 0 Å². The molecule has 1 aliphatic heterocycles. The highest BCUT2D eigenvalue weighted by molar-refractivity contribution is 6.01. The molecule has 3 heterocycles. The number of carbonyl (C=O) groups excluding carboxylic acids is 1. The highest BCUT2D eigenvalue weighted by Crippen LogP contribution is 2.35. The largest absolute Gasteiger partial charge is 0.486 e. The molecule has 1 saturated carbocycles. The minimum Gasteiger partial charge on any atom is -0.486 e. The first-order chi connectivity index (χ1) is 16.1. The third-order valence-electron chi connectivity index (χ3n) is 6.34. The van der Waals surface area contributed by atoms with Gasteiger partial charge in [-0.1, -0.05) is 35.5 Å². The molecule has 2 aromatic carbocycles. The molecule has 7 heteroatoms. The van der Waals surface area contributed by atoms with E-state index < -0.39 is 0 Å². The summed E-state index contributed by atoms with van der Waals surface area (Å²) in [6, 6.07) is 19.0. The molecule has 6 rings (SSSR count). The normalized spacial score (nSPS) is 16.1. The number of likely N-dealkylation sites (tertiary alicyclic amines) is 1. The lowest BCUT2D eigenvalue weighted by atomic mass is 10.0. The van der Waals surface area contributed by atoms with Crippen LogP contribution in [0.1, 0.15) is 34.9 Å². The average molecular weight is 441 g/mol. The van der Waals surface area contributed by atoms with Gasteiger partial charge in [-0.25, -0.2) is 0 Å². The molecule has 0 unspecified atom stereocenters. The Balaban J connectivity index is 1.15. The first-order valence-electron chi connectivity index (χ1n) is 11.2. The van der Waals surface area contributed by atoms with Crippen molar-refractivity contribution in [2.24, 2.45) is 0 Å². The lowest BCUT2D eigenvalue weighted by Crippen LogP contribution is -2.56. The predicted molar refractivity (Wildman–Crippen MR) is 123 cm³/mol. The van der Waals surface area contributed by atoms with Gasteiger partial charge in [0.05, 0.1) is 18.5 Å². The second-order valence-corrected chi connectivity index (χ2v) is 8.83. The number of ether oxygens (including phenoxy) is 1. The number of fused-ring (bicyclic) bond motifs is 1. The number of carbonyl (C=O) groups is 1. The fourth-order valence-electron chi connectivity index (χ4n) is 4.48. The number of amides is 1. The third kappa shape index (κ3) is 3.59. The molecule has 0 atom stereocenters. The van der Waals surface area contributed by atoms with Crippen LogP contribution in [0.3, 0.4) is 0 Å². The van der Waals surface area contributed by atoms with Crippen molar-refractivity contribution in [2.75, 3.05) is 13.1 Å². The second-order valence-electron chi connectivity index (χ2n) is 8.83. The van der Waals surface area contributed by atoms with Crippen LogP contribution >= 0.6 is 0 Å². The van der Waals surface area contributed by atoms with Crippen molar-refractivity contribution in [3.8, 4) is 17.1 Å². The summed E-state index contributed by atoms with van der Waals surface area (Å²) in [5, 5.41) is 4.93. The topological polar surface area (TPSA) is 77.6 Å². The Morgan fingerprint density at radius 2 is 1.85 bits per heavy atom. The van der Waals surface area contributed by atoms with E-state index in [0.717, 1.165) is 29.5 Å². The lowest BCUT2D eigenvalue weighted by Gasteiger charge is -2.39. The summed E-state index contributed by atoms with van der Waals surface area (Å²) in [7, 11) is 0. The minimum absolute atomic E-state index is 0.0176. The van der Waals surface area contributed by atoms with Gasteiger partial charge in [-0.3, -0.25) is 9.59 Å². The first-order valence-corrected chi connectivity index (χ1v) is 11.2. The zero-order chi connectivity index (χ0) is 22.5. The van der Waals surface area contributed by atoms with Gasteiger partial charge in [-0.05, 0) is 44.0 Å². The number of nitrogens with zero attached hydrogens (tertiary/aromatic N) is 3. The smallest absolute Gasteiger partial charge is 0.254 e. The minimum atomic E-state index is -0.122. The van der Waals surface area contributed by atoms with Crippen molar-refractivity contribution in [3.05, 3.63) is 82.3 Å². The van der Waals surface area contributed by atoms with Crippen LogP contribution in [0.2, 0.25) is 0 Å². The third-order valence-corrected chi connectivity index (χ3v) is 6.34. The van der Waals surface area contributed by atoms with E-state index >= 15 is 0 Å². The number of hydrogen-bond acceptors (Lipinski definition) is 5. The van der Waals surface area contributed by atoms with E-state index in [0.29, 0.717) is 41.7 Å². The Kier molecular flexibility index (Phi) is 4.57. The van der Waals surface area contributed by atoms with Crippen LogP contribution in [0.5, 0.6) is 5.75 Å². The van der Waals surface area contributed by atoms with Crippen molar-refractivity contribution < 1.29 is 14.1 Å². The molecule has 2 aliphatic rings. The van der Waals surface area contributed by atoms with Gasteiger partial charge in [0.15, 0.2) is 5.76 Å². The van der Waals surface area contributed by atoms with Crippen molar-refractivity contribution in [1.82, 2.24) is 14.6 Å². The van der Waals surface area contributed by atoms with E-state index in [-0.39, 0.29) is 17.6 Å². The summed E-state index contributed by atoms with van der Waals surface area (Å²) < 4.78 is 13.4. The Hall–Kier alpha value is -3.87. The van der Waals surface area contributed by atoms with Gasteiger partial charge in [0.1, 0.15) is 17.4 Å². The summed E-state index contributed by atoms with van der Waals surface area (Å²) in [4.78, 5) is 27.2. The first kappa shape index (κ1) is 19.8. The van der Waals surface area contributed by atoms with Crippen molar-refractivity contribution in [2.45, 2.75) is 31.9 Å². The van der Waals surface area contributed by atoms with Gasteiger partial charge in [-0.2, -0.15) is 0 Å². The monoisotopic (exact) mass is 441 g/mol. The predicted octanol–water partition coefficient (Wildman–Crippen LogP) is 4.20. The van der Waals surface area contributed by atoms with Gasteiger partial charge in [0.25, 0.3) is 11.5 Å². The van der Waals surface area contributed by atoms with Gasteiger partial charge in [0.2, 0.25) is 0 Å². The SMILES string of the molecule is Cc1cc(OC2CN(C(=O)c3ccc4noc(-c5ccccc5)c4c3)C2)cc(=O)n1C1CC1. The maximum Gasteiger partial charge on any atom is 0.254 e. The Morgan fingerprint density at radius 1 is 1.06 bits per heavy atom. The molecule has 2 aromatic heterocycles. The van der Waals surface area contributed by atoms with Gasteiger partial charge in [0, 0.05) is 28.9 Å². The van der Waals surface area contributed by atoms with Crippen LogP contribution in [0.15, 0.2) is 70.0 Å². The summed E-state index contributed by atoms with van der Waals surface area (Å²) in [6.45, 7) is 2.90. The fourth-order valence-corrected chi connectivity index (χ4v) is 4.48. The zero-order valence-electron chi connectivity index (χ0n) is 18.2. The molecular formula is C26H23N3O4. The van der Waals surface area contributed by atoms with Crippen molar-refractivity contribution in [1.29, 1.82) is 0 Å². The summed E-state index contributed by atoms with van der Waals surface area (Å²) in [5.41, 5.74) is 3.12. The van der Waals surface area contributed by atoms with E-state index in [1.54, 1.807) is 17.0 Å². The maximum absolute atomic E-state index is 13.0. The van der Waals surface area contributed by atoms with Crippen LogP contribution in [0.25, 0.3) is 22.2 Å². The van der Waals surface area contributed by atoms with E-state index in [9.17, 15) is 9.59 Å². The van der Waals surface area contributed by atoms with Crippen LogP contribution in [-0.4, -0.2) is 39.7 Å². The highest BCUT2D eigenvalue weighted by Gasteiger charge is 2.33. The molecule has 7 nitrogen and oxygen atoms in total. The number of rotatable bonds is 5. The molecule has 0 radical (unpaired) electrons. The molecule has 33 heavy (non-hydrogen) atoms. The molecule has 1 saturated heterocycles. The molecule has 0 bridgehead atoms. The Labute approximate surface area is 190 Å². The molecule has 1 aliphatic carbocycles. The molecule has 1 amide bonds. The molecule has 0 N–H and O–H groups in total. The van der Waals surface area contributed by atoms with Crippen molar-refractivity contribution >= 4 is 16.8 Å². The average Bonchev–Trinajstić information content (AvgIpc) is 3.52. The summed E-state index contributed by atoms with van der Waals surface area (Å²) in [6.07, 6.45) is 2.01. The molecule has 2 fully saturated rings. The standard InChI is InChI=1S/C26H23N3O4/c1-16-11-20(13-24(30)29(16)19-8-9-19)32-21-14-28(15-21)26(31)18-7-10-23-22(12-18)25(33-27-23)17-5-3-2-4-6-17/h2-7,10-13,19,21H,8-9,14-15H2,1H3. The van der Waals surface area contributed by atoms with Gasteiger partial charge >= 0.3 is 0 Å². The summed E-state index contributed by atoms with van der Waals surface area (Å²) in [5.74, 6) is 1.17. The number of aromatic nitrogens is 2. The molecular weight excluding hydrogens is 418 g/mol. The van der Waals surface area contributed by atoms with Crippen LogP contribution < -0.4 is 10.3 Å².